The molecule has 3 saturated carbocycles. The smallest absolute Gasteiger partial charge is 0.139 e. The van der Waals surface area contributed by atoms with Gasteiger partial charge in [0.05, 0.1) is 6.10 Å². The summed E-state index contributed by atoms with van der Waals surface area (Å²) in [6.07, 6.45) is 10.7. The minimum absolute atomic E-state index is 0.0168. The first kappa shape index (κ1) is 14.0. The van der Waals surface area contributed by atoms with Crippen LogP contribution in [0.4, 0.5) is 0 Å². The van der Waals surface area contributed by atoms with Crippen molar-refractivity contribution in [3.63, 3.8) is 0 Å². The number of hydrogen-bond donors (Lipinski definition) is 1. The Morgan fingerprint density at radius 2 is 1.81 bits per heavy atom. The summed E-state index contributed by atoms with van der Waals surface area (Å²) in [6, 6.07) is 0. The predicted octanol–water partition coefficient (Wildman–Crippen LogP) is 3.88. The van der Waals surface area contributed by atoms with Gasteiger partial charge in [-0.1, -0.05) is 25.5 Å². The molecule has 0 aromatic rings. The van der Waals surface area contributed by atoms with Crippen molar-refractivity contribution in [2.24, 2.45) is 28.6 Å². The molecular formula is C19H28O2. The predicted molar refractivity (Wildman–Crippen MR) is 82.7 cm³/mol. The Balaban J connectivity index is 1.69. The van der Waals surface area contributed by atoms with Crippen molar-refractivity contribution in [1.82, 2.24) is 0 Å². The van der Waals surface area contributed by atoms with Gasteiger partial charge in [-0.3, -0.25) is 4.79 Å². The van der Waals surface area contributed by atoms with Crippen LogP contribution in [0.1, 0.15) is 65.2 Å². The number of Topliss-reactive ketones (excluding diaryl/α,β-unsaturated/α-hetero) is 1. The topological polar surface area (TPSA) is 37.3 Å². The number of carbonyl (C=O) groups excluding carboxylic acids is 1. The molecule has 4 aliphatic rings. The average molecular weight is 288 g/mol. The van der Waals surface area contributed by atoms with Crippen LogP contribution in [0.2, 0.25) is 0 Å². The number of aliphatic hydroxyl groups is 1. The summed E-state index contributed by atoms with van der Waals surface area (Å²) < 4.78 is 0. The fourth-order valence-corrected chi connectivity index (χ4v) is 6.41. The van der Waals surface area contributed by atoms with Crippen LogP contribution in [0, 0.1) is 28.6 Å². The van der Waals surface area contributed by atoms with E-state index in [9.17, 15) is 9.90 Å². The lowest BCUT2D eigenvalue weighted by Gasteiger charge is -2.56. The SMILES string of the molecule is CC12CC[C@H](O)CC1=CC[C@H]1C2CCC2(C)C(=O)CC[C@@H]12. The molecule has 21 heavy (non-hydrogen) atoms. The lowest BCUT2D eigenvalue weighted by atomic mass is 9.48. The zero-order chi connectivity index (χ0) is 14.8. The van der Waals surface area contributed by atoms with Crippen molar-refractivity contribution in [3.05, 3.63) is 11.6 Å². The number of fused-ring (bicyclic) bond motifs is 5. The van der Waals surface area contributed by atoms with E-state index in [4.69, 9.17) is 0 Å². The van der Waals surface area contributed by atoms with Crippen LogP contribution in [0.15, 0.2) is 11.6 Å². The third kappa shape index (κ3) is 1.78. The zero-order valence-electron chi connectivity index (χ0n) is 13.4. The van der Waals surface area contributed by atoms with Crippen molar-refractivity contribution in [2.75, 3.05) is 0 Å². The highest BCUT2D eigenvalue weighted by Gasteiger charge is 2.58. The molecule has 0 radical (unpaired) electrons. The number of carbonyl (C=O) groups is 1. The van der Waals surface area contributed by atoms with Gasteiger partial charge in [-0.2, -0.15) is 0 Å². The minimum atomic E-state index is -0.122. The Morgan fingerprint density at radius 3 is 2.62 bits per heavy atom. The van der Waals surface area contributed by atoms with Gasteiger partial charge in [0, 0.05) is 11.8 Å². The normalized spacial score (nSPS) is 52.7. The Morgan fingerprint density at radius 1 is 1.10 bits per heavy atom. The third-order valence-corrected chi connectivity index (χ3v) is 7.79. The molecule has 0 aromatic heterocycles. The van der Waals surface area contributed by atoms with E-state index in [2.05, 4.69) is 19.9 Å². The van der Waals surface area contributed by atoms with Crippen LogP contribution in [-0.2, 0) is 4.79 Å². The first-order chi connectivity index (χ1) is 9.95. The largest absolute Gasteiger partial charge is 0.393 e. The summed E-state index contributed by atoms with van der Waals surface area (Å²) in [7, 11) is 0. The summed E-state index contributed by atoms with van der Waals surface area (Å²) in [5, 5.41) is 10.00. The fourth-order valence-electron chi connectivity index (χ4n) is 6.41. The van der Waals surface area contributed by atoms with Gasteiger partial charge in [-0.05, 0) is 68.1 Å². The molecule has 3 unspecified atom stereocenters. The summed E-state index contributed by atoms with van der Waals surface area (Å²) in [6.45, 7) is 4.69. The van der Waals surface area contributed by atoms with Crippen molar-refractivity contribution in [3.8, 4) is 0 Å². The number of aliphatic hydroxyl groups excluding tert-OH is 1. The first-order valence-corrected chi connectivity index (χ1v) is 8.86. The van der Waals surface area contributed by atoms with E-state index in [0.29, 0.717) is 23.0 Å². The molecule has 0 heterocycles. The second-order valence-electron chi connectivity index (χ2n) is 8.57. The van der Waals surface area contributed by atoms with E-state index in [-0.39, 0.29) is 11.5 Å². The molecule has 1 N–H and O–H groups in total. The molecule has 0 saturated heterocycles. The van der Waals surface area contributed by atoms with Gasteiger partial charge in [0.25, 0.3) is 0 Å². The molecule has 4 aliphatic carbocycles. The molecule has 6 atom stereocenters. The summed E-state index contributed by atoms with van der Waals surface area (Å²) in [5.41, 5.74) is 1.81. The fraction of sp³-hybridized carbons (Fsp3) is 0.842. The molecule has 2 nitrogen and oxygen atoms in total. The Hall–Kier alpha value is -0.630. The van der Waals surface area contributed by atoms with E-state index in [1.807, 2.05) is 0 Å². The number of rotatable bonds is 0. The van der Waals surface area contributed by atoms with Gasteiger partial charge >= 0.3 is 0 Å². The minimum Gasteiger partial charge on any atom is -0.393 e. The standard InChI is InChI=1S/C19H28O2/c1-18-9-7-13(20)11-12(18)3-4-14-15-5-6-17(21)19(15,2)10-8-16(14)18/h3,13-16,20H,4-11H2,1-2H3/t13-,14+,15-,16?,18?,19?/m0/s1. The third-order valence-electron chi connectivity index (χ3n) is 7.79. The molecular weight excluding hydrogens is 260 g/mol. The zero-order valence-corrected chi connectivity index (χ0v) is 13.4. The van der Waals surface area contributed by atoms with E-state index >= 15 is 0 Å². The van der Waals surface area contributed by atoms with E-state index < -0.39 is 0 Å². The Kier molecular flexibility index (Phi) is 2.96. The van der Waals surface area contributed by atoms with Crippen molar-refractivity contribution >= 4 is 5.78 Å². The van der Waals surface area contributed by atoms with Crippen LogP contribution in [0.3, 0.4) is 0 Å². The summed E-state index contributed by atoms with van der Waals surface area (Å²) in [4.78, 5) is 12.4. The second kappa shape index (κ2) is 4.44. The van der Waals surface area contributed by atoms with Crippen molar-refractivity contribution < 1.29 is 9.90 Å². The number of hydrogen-bond acceptors (Lipinski definition) is 2. The molecule has 0 bridgehead atoms. The molecule has 0 spiro atoms. The van der Waals surface area contributed by atoms with E-state index in [0.717, 1.165) is 50.9 Å². The molecule has 0 aliphatic heterocycles. The van der Waals surface area contributed by atoms with E-state index in [1.165, 1.54) is 12.0 Å². The van der Waals surface area contributed by atoms with Crippen LogP contribution in [0.5, 0.6) is 0 Å². The molecule has 3 fully saturated rings. The van der Waals surface area contributed by atoms with E-state index in [1.54, 1.807) is 0 Å². The number of ketones is 1. The van der Waals surface area contributed by atoms with Gasteiger partial charge in [0.2, 0.25) is 0 Å². The van der Waals surface area contributed by atoms with Crippen LogP contribution < -0.4 is 0 Å². The number of allylic oxidation sites excluding steroid dienone is 1. The van der Waals surface area contributed by atoms with Crippen LogP contribution in [0.25, 0.3) is 0 Å². The van der Waals surface area contributed by atoms with Crippen molar-refractivity contribution in [2.45, 2.75) is 71.3 Å². The molecule has 2 heteroatoms. The van der Waals surface area contributed by atoms with Crippen LogP contribution in [-0.4, -0.2) is 17.0 Å². The maximum Gasteiger partial charge on any atom is 0.139 e. The van der Waals surface area contributed by atoms with Gasteiger partial charge in [0.15, 0.2) is 0 Å². The average Bonchev–Trinajstić information content (AvgIpc) is 2.76. The molecule has 116 valence electrons. The van der Waals surface area contributed by atoms with Gasteiger partial charge < -0.3 is 5.11 Å². The van der Waals surface area contributed by atoms with Crippen LogP contribution >= 0.6 is 0 Å². The first-order valence-electron chi connectivity index (χ1n) is 8.86. The Labute approximate surface area is 128 Å². The lowest BCUT2D eigenvalue weighted by Crippen LogP contribution is -2.50. The monoisotopic (exact) mass is 288 g/mol. The highest BCUT2D eigenvalue weighted by atomic mass is 16.3. The van der Waals surface area contributed by atoms with Gasteiger partial charge in [-0.25, -0.2) is 0 Å². The van der Waals surface area contributed by atoms with Gasteiger partial charge in [0.1, 0.15) is 5.78 Å². The molecule has 0 amide bonds. The Bertz CT molecular complexity index is 508. The maximum atomic E-state index is 12.4. The molecule has 4 rings (SSSR count). The highest BCUT2D eigenvalue weighted by molar-refractivity contribution is 5.87. The molecule has 0 aromatic carbocycles. The highest BCUT2D eigenvalue weighted by Crippen LogP contribution is 2.63. The van der Waals surface area contributed by atoms with Crippen molar-refractivity contribution in [1.29, 1.82) is 0 Å². The van der Waals surface area contributed by atoms with Gasteiger partial charge in [-0.15, -0.1) is 0 Å². The maximum absolute atomic E-state index is 12.4. The quantitative estimate of drug-likeness (QED) is 0.687. The lowest BCUT2D eigenvalue weighted by molar-refractivity contribution is -0.132. The summed E-state index contributed by atoms with van der Waals surface area (Å²) >= 11 is 0. The summed E-state index contributed by atoms with van der Waals surface area (Å²) in [5.74, 6) is 2.60. The second-order valence-corrected chi connectivity index (χ2v) is 8.57.